The van der Waals surface area contributed by atoms with Crippen LogP contribution in [0.15, 0.2) is 72.9 Å². The van der Waals surface area contributed by atoms with Crippen LogP contribution in [0, 0.1) is 0 Å². The molecular weight excluding hydrogens is 984 g/mol. The molecule has 9 heteroatoms. The minimum atomic E-state index is -4.61. The number of hydrogen-bond acceptors (Lipinski definition) is 6. The molecule has 0 rings (SSSR count). The minimum absolute atomic E-state index is 0.00975. The van der Waals surface area contributed by atoms with E-state index in [0.29, 0.717) is 17.4 Å². The van der Waals surface area contributed by atoms with Gasteiger partial charge in [-0.1, -0.05) is 292 Å². The Hall–Kier alpha value is -2.06. The molecule has 8 nitrogen and oxygen atoms in total. The topological polar surface area (TPSA) is 108 Å². The molecule has 0 heterocycles. The first-order valence-corrected chi connectivity index (χ1v) is 34.8. The Kier molecular flexibility index (Phi) is 58.0. The number of carbonyl (C=O) groups is 1. The number of unbranched alkanes of at least 4 members (excludes halogenated alkanes) is 38. The molecule has 0 aliphatic carbocycles. The highest BCUT2D eigenvalue weighted by Crippen LogP contribution is 2.38. The molecule has 0 aromatic carbocycles. The first kappa shape index (κ1) is 75.9. The van der Waals surface area contributed by atoms with Gasteiger partial charge >= 0.3 is 0 Å². The highest BCUT2D eigenvalue weighted by molar-refractivity contribution is 7.45. The maximum absolute atomic E-state index is 13.0. The molecule has 0 aliphatic heterocycles. The molecule has 0 saturated carbocycles. The minimum Gasteiger partial charge on any atom is -0.756 e. The van der Waals surface area contributed by atoms with Crippen LogP contribution in [0.2, 0.25) is 0 Å². The van der Waals surface area contributed by atoms with Gasteiger partial charge in [-0.2, -0.15) is 0 Å². The number of amides is 1. The summed E-state index contributed by atoms with van der Waals surface area (Å²) in [5, 5.41) is 13.9. The van der Waals surface area contributed by atoms with Crippen molar-refractivity contribution in [1.29, 1.82) is 0 Å². The predicted molar refractivity (Wildman–Crippen MR) is 339 cm³/mol. The summed E-state index contributed by atoms with van der Waals surface area (Å²) in [7, 11) is 1.24. The Balaban J connectivity index is 4.08. The van der Waals surface area contributed by atoms with Crippen LogP contribution in [-0.2, 0) is 18.4 Å². The van der Waals surface area contributed by atoms with Crippen LogP contribution in [-0.4, -0.2) is 68.5 Å². The highest BCUT2D eigenvalue weighted by atomic mass is 31.2. The standard InChI is InChI=1S/C69H129N2O6P/c1-6-8-10-12-14-16-18-20-22-24-26-28-29-30-31-32-33-34-35-36-37-38-39-40-41-43-45-47-49-51-53-55-57-59-61-63-69(73)70-67(66-77-78(74,75)76-65-64-71(3,4)5)68(72)62-60-58-56-54-52-50-48-46-44-42-27-25-23-21-19-17-15-13-11-9-7-2/h18,20,24,26,29-30,44,46,52,54,60,62,67-68,72H,6-17,19,21-23,25,27-28,31-43,45,47-51,53,55-59,61,63-66H2,1-5H3,(H-,70,73,74,75)/b20-18-,26-24-,30-29-,46-44+,54-52+,62-60+. The SMILES string of the molecule is CCCCCCC/C=C\C/C=C\C/C=C\CCCCCCCCCCCCCCCCCCCCCCC(=O)NC(COP(=O)([O-])OCC[N+](C)(C)C)C(O)/C=C/CC/C=C/CC/C=C/CCCCCCCCCCCCC. The normalized spacial score (nSPS) is 14.2. The Morgan fingerprint density at radius 3 is 1.13 bits per heavy atom. The molecule has 0 bridgehead atoms. The van der Waals surface area contributed by atoms with Crippen molar-refractivity contribution in [3.8, 4) is 0 Å². The largest absolute Gasteiger partial charge is 0.756 e. The van der Waals surface area contributed by atoms with E-state index in [2.05, 4.69) is 79.9 Å². The lowest BCUT2D eigenvalue weighted by Gasteiger charge is -2.29. The van der Waals surface area contributed by atoms with Gasteiger partial charge in [-0.15, -0.1) is 0 Å². The number of aliphatic hydroxyl groups excluding tert-OH is 1. The number of rotatable bonds is 61. The van der Waals surface area contributed by atoms with E-state index in [0.717, 1.165) is 57.8 Å². The van der Waals surface area contributed by atoms with Gasteiger partial charge in [0.05, 0.1) is 39.9 Å². The van der Waals surface area contributed by atoms with E-state index >= 15 is 0 Å². The molecule has 456 valence electrons. The van der Waals surface area contributed by atoms with E-state index in [-0.39, 0.29) is 12.5 Å². The van der Waals surface area contributed by atoms with E-state index in [4.69, 9.17) is 9.05 Å². The van der Waals surface area contributed by atoms with E-state index in [1.54, 1.807) is 6.08 Å². The molecule has 0 aromatic rings. The summed E-state index contributed by atoms with van der Waals surface area (Å²) in [6.07, 6.45) is 83.0. The zero-order valence-corrected chi connectivity index (χ0v) is 53.0. The third-order valence-corrected chi connectivity index (χ3v) is 15.8. The highest BCUT2D eigenvalue weighted by Gasteiger charge is 2.23. The molecule has 1 amide bonds. The van der Waals surface area contributed by atoms with Gasteiger partial charge < -0.3 is 28.8 Å². The lowest BCUT2D eigenvalue weighted by molar-refractivity contribution is -0.870. The van der Waals surface area contributed by atoms with Gasteiger partial charge in [-0.05, 0) is 83.5 Å². The summed E-state index contributed by atoms with van der Waals surface area (Å²) < 4.78 is 23.4. The van der Waals surface area contributed by atoms with E-state index in [1.807, 2.05) is 27.2 Å². The maximum Gasteiger partial charge on any atom is 0.268 e. The summed E-state index contributed by atoms with van der Waals surface area (Å²) in [5.41, 5.74) is 0. The lowest BCUT2D eigenvalue weighted by atomic mass is 10.0. The fourth-order valence-electron chi connectivity index (χ4n) is 9.67. The zero-order chi connectivity index (χ0) is 57.0. The molecule has 0 saturated heterocycles. The first-order valence-electron chi connectivity index (χ1n) is 33.3. The fraction of sp³-hybridized carbons (Fsp3) is 0.812. The number of allylic oxidation sites excluding steroid dienone is 11. The van der Waals surface area contributed by atoms with Crippen LogP contribution in [0.5, 0.6) is 0 Å². The van der Waals surface area contributed by atoms with Crippen LogP contribution >= 0.6 is 7.82 Å². The number of hydrogen-bond donors (Lipinski definition) is 2. The molecule has 0 spiro atoms. The maximum atomic E-state index is 13.0. The van der Waals surface area contributed by atoms with Crippen LogP contribution in [0.1, 0.15) is 309 Å². The molecule has 0 aliphatic rings. The number of likely N-dealkylation sites (N-methyl/N-ethyl adjacent to an activating group) is 1. The Labute approximate surface area is 484 Å². The molecule has 2 N–H and O–H groups in total. The summed E-state index contributed by atoms with van der Waals surface area (Å²) in [6, 6.07) is -0.912. The average molecular weight is 1110 g/mol. The van der Waals surface area contributed by atoms with Crippen LogP contribution < -0.4 is 10.2 Å². The van der Waals surface area contributed by atoms with Crippen molar-refractivity contribution in [1.82, 2.24) is 5.32 Å². The van der Waals surface area contributed by atoms with Crippen molar-refractivity contribution in [2.75, 3.05) is 40.9 Å². The first-order chi connectivity index (χ1) is 38.0. The molecule has 0 aromatic heterocycles. The molecule has 78 heavy (non-hydrogen) atoms. The van der Waals surface area contributed by atoms with Crippen molar-refractivity contribution in [2.45, 2.75) is 321 Å². The number of nitrogens with one attached hydrogen (secondary N) is 1. The third-order valence-electron chi connectivity index (χ3n) is 14.9. The number of quaternary nitrogens is 1. The van der Waals surface area contributed by atoms with Gasteiger partial charge in [0.15, 0.2) is 0 Å². The van der Waals surface area contributed by atoms with Crippen molar-refractivity contribution in [2.24, 2.45) is 0 Å². The van der Waals surface area contributed by atoms with E-state index in [1.165, 1.54) is 231 Å². The van der Waals surface area contributed by atoms with Gasteiger partial charge in [0, 0.05) is 6.42 Å². The predicted octanol–water partition coefficient (Wildman–Crippen LogP) is 20.4. The quantitative estimate of drug-likeness (QED) is 0.0272. The molecule has 3 atom stereocenters. The average Bonchev–Trinajstić information content (AvgIpc) is 3.41. The number of nitrogens with zero attached hydrogens (tertiary/aromatic N) is 1. The van der Waals surface area contributed by atoms with Crippen LogP contribution in [0.25, 0.3) is 0 Å². The number of phosphoric acid groups is 1. The van der Waals surface area contributed by atoms with Crippen molar-refractivity contribution in [3.63, 3.8) is 0 Å². The summed E-state index contributed by atoms with van der Waals surface area (Å²) >= 11 is 0. The van der Waals surface area contributed by atoms with Crippen molar-refractivity contribution < 1.29 is 32.9 Å². The Bertz CT molecular complexity index is 1500. The lowest BCUT2D eigenvalue weighted by Crippen LogP contribution is -2.45. The third kappa shape index (κ3) is 61.6. The van der Waals surface area contributed by atoms with Crippen molar-refractivity contribution in [3.05, 3.63) is 72.9 Å². The van der Waals surface area contributed by atoms with Gasteiger partial charge in [0.1, 0.15) is 13.2 Å². The van der Waals surface area contributed by atoms with E-state index in [9.17, 15) is 19.4 Å². The Morgan fingerprint density at radius 1 is 0.449 bits per heavy atom. The second kappa shape index (κ2) is 59.6. The smallest absolute Gasteiger partial charge is 0.268 e. The van der Waals surface area contributed by atoms with Gasteiger partial charge in [-0.25, -0.2) is 0 Å². The van der Waals surface area contributed by atoms with Crippen molar-refractivity contribution >= 4 is 13.7 Å². The fourth-order valence-corrected chi connectivity index (χ4v) is 10.4. The zero-order valence-electron chi connectivity index (χ0n) is 52.1. The molecule has 3 unspecified atom stereocenters. The number of aliphatic hydroxyl groups is 1. The van der Waals surface area contributed by atoms with Gasteiger partial charge in [0.2, 0.25) is 5.91 Å². The summed E-state index contributed by atoms with van der Waals surface area (Å²) in [6.45, 7) is 4.64. The second-order valence-corrected chi connectivity index (χ2v) is 25.2. The number of phosphoric ester groups is 1. The summed E-state index contributed by atoms with van der Waals surface area (Å²) in [4.78, 5) is 25.6. The molecular formula is C69H129N2O6P. The summed E-state index contributed by atoms with van der Waals surface area (Å²) in [5.74, 6) is -0.208. The van der Waals surface area contributed by atoms with Gasteiger partial charge in [0.25, 0.3) is 7.82 Å². The number of carbonyl (C=O) groups excluding carboxylic acids is 1. The van der Waals surface area contributed by atoms with E-state index < -0.39 is 26.6 Å². The second-order valence-electron chi connectivity index (χ2n) is 23.8. The monoisotopic (exact) mass is 1110 g/mol. The Morgan fingerprint density at radius 2 is 0.756 bits per heavy atom. The van der Waals surface area contributed by atoms with Crippen LogP contribution in [0.4, 0.5) is 0 Å². The van der Waals surface area contributed by atoms with Gasteiger partial charge in [-0.3, -0.25) is 9.36 Å². The molecule has 0 radical (unpaired) electrons. The molecule has 0 fully saturated rings. The van der Waals surface area contributed by atoms with Crippen LogP contribution in [0.3, 0.4) is 0 Å².